The molecular formula is C7H7BrF3NO3S2. The van der Waals surface area contributed by atoms with Crippen LogP contribution in [0.4, 0.5) is 13.2 Å². The molecule has 0 radical (unpaired) electrons. The average Bonchev–Trinajstić information content (AvgIpc) is 2.60. The van der Waals surface area contributed by atoms with Gasteiger partial charge in [0.25, 0.3) is 0 Å². The lowest BCUT2D eigenvalue weighted by molar-refractivity contribution is -0.200. The standard InChI is InChI=1S/C7H7BrF3NO3S2/c8-5-1-2-6(16-5)17(14,15)12-3-4(13)7(9,10)11/h1-2,4,12-13H,3H2. The van der Waals surface area contributed by atoms with Crippen LogP contribution in [0, 0.1) is 0 Å². The van der Waals surface area contributed by atoms with E-state index in [1.54, 1.807) is 4.72 Å². The number of thiophene rings is 1. The van der Waals surface area contributed by atoms with Gasteiger partial charge < -0.3 is 5.11 Å². The van der Waals surface area contributed by atoms with Crippen LogP contribution in [0.3, 0.4) is 0 Å². The molecule has 0 aliphatic heterocycles. The Bertz CT molecular complexity index is 485. The molecule has 0 saturated heterocycles. The minimum atomic E-state index is -4.85. The smallest absolute Gasteiger partial charge is 0.382 e. The van der Waals surface area contributed by atoms with E-state index in [1.807, 2.05) is 0 Å². The maximum Gasteiger partial charge on any atom is 0.415 e. The van der Waals surface area contributed by atoms with Crippen LogP contribution in [0.2, 0.25) is 0 Å². The van der Waals surface area contributed by atoms with Gasteiger partial charge in [0, 0.05) is 6.54 Å². The lowest BCUT2D eigenvalue weighted by atomic mass is 10.4. The molecular weight excluding hydrogens is 347 g/mol. The summed E-state index contributed by atoms with van der Waals surface area (Å²) in [5, 5.41) is 8.64. The predicted molar refractivity (Wildman–Crippen MR) is 59.3 cm³/mol. The Balaban J connectivity index is 2.69. The fourth-order valence-electron chi connectivity index (χ4n) is 0.818. The minimum Gasteiger partial charge on any atom is -0.382 e. The van der Waals surface area contributed by atoms with Crippen LogP contribution in [-0.4, -0.2) is 32.3 Å². The van der Waals surface area contributed by atoms with Gasteiger partial charge in [0.2, 0.25) is 10.0 Å². The van der Waals surface area contributed by atoms with Crippen LogP contribution in [0.25, 0.3) is 0 Å². The van der Waals surface area contributed by atoms with Gasteiger partial charge >= 0.3 is 6.18 Å². The van der Waals surface area contributed by atoms with Gasteiger partial charge in [-0.25, -0.2) is 13.1 Å². The molecule has 0 fully saturated rings. The maximum absolute atomic E-state index is 11.9. The largest absolute Gasteiger partial charge is 0.415 e. The van der Waals surface area contributed by atoms with Crippen molar-refractivity contribution in [1.82, 2.24) is 4.72 Å². The van der Waals surface area contributed by atoms with Crippen molar-refractivity contribution in [3.63, 3.8) is 0 Å². The average molecular weight is 354 g/mol. The summed E-state index contributed by atoms with van der Waals surface area (Å²) in [6.45, 7) is -1.11. The van der Waals surface area contributed by atoms with Crippen LogP contribution >= 0.6 is 27.3 Å². The topological polar surface area (TPSA) is 66.4 Å². The zero-order chi connectivity index (χ0) is 13.3. The number of hydrogen-bond acceptors (Lipinski definition) is 4. The second-order valence-electron chi connectivity index (χ2n) is 2.97. The maximum atomic E-state index is 11.9. The second-order valence-corrected chi connectivity index (χ2v) is 7.42. The molecule has 1 heterocycles. The Kier molecular flexibility index (Phi) is 4.58. The van der Waals surface area contributed by atoms with Gasteiger partial charge in [0.1, 0.15) is 4.21 Å². The molecule has 1 aromatic heterocycles. The van der Waals surface area contributed by atoms with Gasteiger partial charge in [-0.1, -0.05) is 0 Å². The summed E-state index contributed by atoms with van der Waals surface area (Å²) in [5.41, 5.74) is 0. The molecule has 1 rings (SSSR count). The van der Waals surface area contributed by atoms with Gasteiger partial charge in [0.05, 0.1) is 3.79 Å². The summed E-state index contributed by atoms with van der Waals surface area (Å²) in [4.78, 5) is 0. The highest BCUT2D eigenvalue weighted by Gasteiger charge is 2.38. The molecule has 0 amide bonds. The molecule has 1 atom stereocenters. The Hall–Kier alpha value is -0.160. The van der Waals surface area contributed by atoms with Crippen molar-refractivity contribution in [3.8, 4) is 0 Å². The van der Waals surface area contributed by atoms with Crippen LogP contribution in [0.1, 0.15) is 0 Å². The van der Waals surface area contributed by atoms with E-state index in [2.05, 4.69) is 15.9 Å². The number of aliphatic hydroxyl groups excluding tert-OH is 1. The molecule has 0 spiro atoms. The summed E-state index contributed by atoms with van der Waals surface area (Å²) in [6, 6.07) is 2.70. The first-order chi connectivity index (χ1) is 7.63. The van der Waals surface area contributed by atoms with E-state index in [0.29, 0.717) is 3.79 Å². The lowest BCUT2D eigenvalue weighted by Crippen LogP contribution is -2.40. The molecule has 4 nitrogen and oxygen atoms in total. The molecule has 0 aromatic carbocycles. The second kappa shape index (κ2) is 5.22. The number of nitrogens with one attached hydrogen (secondary N) is 1. The van der Waals surface area contributed by atoms with E-state index in [-0.39, 0.29) is 4.21 Å². The van der Waals surface area contributed by atoms with Gasteiger partial charge in [0.15, 0.2) is 6.10 Å². The normalized spacial score (nSPS) is 14.9. The van der Waals surface area contributed by atoms with Crippen LogP contribution < -0.4 is 4.72 Å². The van der Waals surface area contributed by atoms with Gasteiger partial charge in [-0.15, -0.1) is 11.3 Å². The third-order valence-corrected chi connectivity index (χ3v) is 5.20. The van der Waals surface area contributed by atoms with E-state index < -0.39 is 28.8 Å². The van der Waals surface area contributed by atoms with Gasteiger partial charge in [-0.3, -0.25) is 0 Å². The Labute approximate surface area is 108 Å². The molecule has 0 bridgehead atoms. The SMILES string of the molecule is O=S(=O)(NCC(O)C(F)(F)F)c1ccc(Br)s1. The summed E-state index contributed by atoms with van der Waals surface area (Å²) < 4.78 is 60.9. The Morgan fingerprint density at radius 3 is 2.47 bits per heavy atom. The molecule has 17 heavy (non-hydrogen) atoms. The number of sulfonamides is 1. The van der Waals surface area contributed by atoms with Crippen LogP contribution in [-0.2, 0) is 10.0 Å². The van der Waals surface area contributed by atoms with E-state index in [1.165, 1.54) is 12.1 Å². The first-order valence-corrected chi connectivity index (χ1v) is 7.22. The highest BCUT2D eigenvalue weighted by molar-refractivity contribution is 9.11. The number of hydrogen-bond donors (Lipinski definition) is 2. The highest BCUT2D eigenvalue weighted by atomic mass is 79.9. The Morgan fingerprint density at radius 2 is 2.06 bits per heavy atom. The zero-order valence-corrected chi connectivity index (χ0v) is 11.3. The van der Waals surface area contributed by atoms with Crippen molar-refractivity contribution in [2.45, 2.75) is 16.5 Å². The zero-order valence-electron chi connectivity index (χ0n) is 8.03. The number of halogens is 4. The van der Waals surface area contributed by atoms with E-state index in [9.17, 15) is 21.6 Å². The summed E-state index contributed by atoms with van der Waals surface area (Å²) >= 11 is 3.89. The quantitative estimate of drug-likeness (QED) is 0.865. The predicted octanol–water partition coefficient (Wildman–Crippen LogP) is 1.71. The first kappa shape index (κ1) is 14.9. The molecule has 2 N–H and O–H groups in total. The Morgan fingerprint density at radius 1 is 1.47 bits per heavy atom. The van der Waals surface area contributed by atoms with Crippen molar-refractivity contribution in [3.05, 3.63) is 15.9 Å². The van der Waals surface area contributed by atoms with E-state index in [4.69, 9.17) is 5.11 Å². The van der Waals surface area contributed by atoms with Crippen molar-refractivity contribution >= 4 is 37.3 Å². The molecule has 0 aliphatic carbocycles. The van der Waals surface area contributed by atoms with Crippen molar-refractivity contribution in [2.24, 2.45) is 0 Å². The molecule has 1 aromatic rings. The third kappa shape index (κ3) is 4.21. The lowest BCUT2D eigenvalue weighted by Gasteiger charge is -2.14. The molecule has 10 heteroatoms. The minimum absolute atomic E-state index is 0.126. The first-order valence-electron chi connectivity index (χ1n) is 4.13. The summed E-state index contributed by atoms with van der Waals surface area (Å²) in [6.07, 6.45) is -7.57. The third-order valence-electron chi connectivity index (χ3n) is 1.66. The van der Waals surface area contributed by atoms with Crippen molar-refractivity contribution < 1.29 is 26.7 Å². The monoisotopic (exact) mass is 353 g/mol. The van der Waals surface area contributed by atoms with Gasteiger partial charge in [-0.2, -0.15) is 13.2 Å². The van der Waals surface area contributed by atoms with E-state index in [0.717, 1.165) is 11.3 Å². The molecule has 0 saturated carbocycles. The number of alkyl halides is 3. The fraction of sp³-hybridized carbons (Fsp3) is 0.429. The molecule has 98 valence electrons. The van der Waals surface area contributed by atoms with Crippen LogP contribution in [0.5, 0.6) is 0 Å². The summed E-state index contributed by atoms with van der Waals surface area (Å²) in [5.74, 6) is 0. The summed E-state index contributed by atoms with van der Waals surface area (Å²) in [7, 11) is -4.02. The molecule has 0 aliphatic rings. The van der Waals surface area contributed by atoms with Crippen LogP contribution in [0.15, 0.2) is 20.1 Å². The van der Waals surface area contributed by atoms with E-state index >= 15 is 0 Å². The van der Waals surface area contributed by atoms with Crippen molar-refractivity contribution in [2.75, 3.05) is 6.54 Å². The fourth-order valence-corrected chi connectivity index (χ4v) is 3.91. The highest BCUT2D eigenvalue weighted by Crippen LogP contribution is 2.26. The number of aliphatic hydroxyl groups is 1. The molecule has 1 unspecified atom stereocenters. The van der Waals surface area contributed by atoms with Gasteiger partial charge in [-0.05, 0) is 28.1 Å². The van der Waals surface area contributed by atoms with Crippen molar-refractivity contribution in [1.29, 1.82) is 0 Å². The number of rotatable bonds is 4.